The lowest BCUT2D eigenvalue weighted by molar-refractivity contribution is -0.120. The van der Waals surface area contributed by atoms with Crippen LogP contribution in [0.3, 0.4) is 0 Å². The van der Waals surface area contributed by atoms with Gasteiger partial charge in [0, 0.05) is 38.8 Å². The van der Waals surface area contributed by atoms with Gasteiger partial charge >= 0.3 is 0 Å². The van der Waals surface area contributed by atoms with Crippen LogP contribution in [0.5, 0.6) is 5.75 Å². The molecule has 1 aromatic carbocycles. The number of hydrogen-bond acceptors (Lipinski definition) is 4. The smallest absolute Gasteiger partial charge is 0.251 e. The molecule has 0 aliphatic heterocycles. The second kappa shape index (κ2) is 9.77. The maximum atomic E-state index is 11.9. The quantitative estimate of drug-likeness (QED) is 0.665. The predicted octanol–water partition coefficient (Wildman–Crippen LogP) is 0.968. The molecule has 0 radical (unpaired) electrons. The number of methoxy groups -OCH3 is 2. The van der Waals surface area contributed by atoms with Crippen molar-refractivity contribution in [2.45, 2.75) is 12.8 Å². The number of carbonyl (C=O) groups excluding carboxylic acids is 2. The SMILES string of the molecule is COCCCNC(=O)CCNC(=O)c1cccc(OC)c1. The Balaban J connectivity index is 2.25. The van der Waals surface area contributed by atoms with E-state index >= 15 is 0 Å². The van der Waals surface area contributed by atoms with Crippen molar-refractivity contribution >= 4 is 11.8 Å². The topological polar surface area (TPSA) is 76.7 Å². The summed E-state index contributed by atoms with van der Waals surface area (Å²) < 4.78 is 9.94. The lowest BCUT2D eigenvalue weighted by Crippen LogP contribution is -2.31. The summed E-state index contributed by atoms with van der Waals surface area (Å²) in [6, 6.07) is 6.86. The van der Waals surface area contributed by atoms with Gasteiger partial charge < -0.3 is 20.1 Å². The van der Waals surface area contributed by atoms with E-state index in [1.54, 1.807) is 38.5 Å². The third kappa shape index (κ3) is 6.76. The van der Waals surface area contributed by atoms with E-state index in [9.17, 15) is 9.59 Å². The largest absolute Gasteiger partial charge is 0.497 e. The van der Waals surface area contributed by atoms with Crippen LogP contribution in [0.15, 0.2) is 24.3 Å². The maximum absolute atomic E-state index is 11.9. The zero-order chi connectivity index (χ0) is 15.5. The first-order valence-corrected chi connectivity index (χ1v) is 6.85. The molecule has 0 fully saturated rings. The van der Waals surface area contributed by atoms with Crippen LogP contribution in [0, 0.1) is 0 Å². The van der Waals surface area contributed by atoms with Crippen LogP contribution in [0.2, 0.25) is 0 Å². The molecule has 0 unspecified atom stereocenters. The molecule has 0 aliphatic carbocycles. The van der Waals surface area contributed by atoms with Crippen LogP contribution in [0.4, 0.5) is 0 Å². The molecule has 0 bridgehead atoms. The Kier molecular flexibility index (Phi) is 7.89. The van der Waals surface area contributed by atoms with Crippen molar-refractivity contribution in [2.75, 3.05) is 33.9 Å². The number of hydrogen-bond donors (Lipinski definition) is 2. The summed E-state index contributed by atoms with van der Waals surface area (Å²) in [4.78, 5) is 23.4. The van der Waals surface area contributed by atoms with Crippen molar-refractivity contribution in [1.82, 2.24) is 10.6 Å². The summed E-state index contributed by atoms with van der Waals surface area (Å²) in [6.07, 6.45) is 1.03. The van der Waals surface area contributed by atoms with E-state index in [0.29, 0.717) is 31.0 Å². The van der Waals surface area contributed by atoms with Crippen LogP contribution in [-0.2, 0) is 9.53 Å². The fourth-order valence-corrected chi connectivity index (χ4v) is 1.69. The normalized spacial score (nSPS) is 10.0. The van der Waals surface area contributed by atoms with Crippen molar-refractivity contribution in [2.24, 2.45) is 0 Å². The van der Waals surface area contributed by atoms with Crippen molar-refractivity contribution in [3.05, 3.63) is 29.8 Å². The minimum absolute atomic E-state index is 0.0861. The molecule has 0 atom stereocenters. The highest BCUT2D eigenvalue weighted by Crippen LogP contribution is 2.12. The van der Waals surface area contributed by atoms with Gasteiger partial charge in [-0.3, -0.25) is 9.59 Å². The number of nitrogens with one attached hydrogen (secondary N) is 2. The molecule has 6 heteroatoms. The molecule has 2 amide bonds. The lowest BCUT2D eigenvalue weighted by atomic mass is 10.2. The van der Waals surface area contributed by atoms with Gasteiger partial charge in [-0.05, 0) is 24.6 Å². The Hall–Kier alpha value is -2.08. The molecule has 116 valence electrons. The molecule has 0 aliphatic rings. The van der Waals surface area contributed by atoms with E-state index in [1.165, 1.54) is 0 Å². The fraction of sp³-hybridized carbons (Fsp3) is 0.467. The first-order chi connectivity index (χ1) is 10.2. The molecule has 21 heavy (non-hydrogen) atoms. The maximum Gasteiger partial charge on any atom is 0.251 e. The van der Waals surface area contributed by atoms with Gasteiger partial charge in [0.1, 0.15) is 5.75 Å². The molecule has 0 saturated carbocycles. The Morgan fingerprint density at radius 2 is 1.95 bits per heavy atom. The zero-order valence-corrected chi connectivity index (χ0v) is 12.5. The second-order valence-corrected chi connectivity index (χ2v) is 4.43. The van der Waals surface area contributed by atoms with Gasteiger partial charge in [-0.15, -0.1) is 0 Å². The highest BCUT2D eigenvalue weighted by Gasteiger charge is 2.07. The monoisotopic (exact) mass is 294 g/mol. The number of rotatable bonds is 9. The van der Waals surface area contributed by atoms with E-state index in [-0.39, 0.29) is 18.2 Å². The van der Waals surface area contributed by atoms with Gasteiger partial charge in [0.05, 0.1) is 7.11 Å². The van der Waals surface area contributed by atoms with Crippen LogP contribution in [0.1, 0.15) is 23.2 Å². The van der Waals surface area contributed by atoms with Gasteiger partial charge in [0.15, 0.2) is 0 Å². The minimum Gasteiger partial charge on any atom is -0.497 e. The summed E-state index contributed by atoms with van der Waals surface area (Å²) >= 11 is 0. The summed E-state index contributed by atoms with van der Waals surface area (Å²) in [6.45, 7) is 1.50. The van der Waals surface area contributed by atoms with Gasteiger partial charge in [0.2, 0.25) is 5.91 Å². The Labute approximate surface area is 124 Å². The molecule has 0 heterocycles. The third-order valence-electron chi connectivity index (χ3n) is 2.82. The molecule has 1 rings (SSSR count). The predicted molar refractivity (Wildman–Crippen MR) is 79.4 cm³/mol. The molecular formula is C15H22N2O4. The van der Waals surface area contributed by atoms with E-state index in [2.05, 4.69) is 10.6 Å². The zero-order valence-electron chi connectivity index (χ0n) is 12.5. The van der Waals surface area contributed by atoms with E-state index in [0.717, 1.165) is 6.42 Å². The molecule has 1 aromatic rings. The van der Waals surface area contributed by atoms with Crippen LogP contribution in [0.25, 0.3) is 0 Å². The van der Waals surface area contributed by atoms with Gasteiger partial charge in [0.25, 0.3) is 5.91 Å². The Bertz CT molecular complexity index is 463. The van der Waals surface area contributed by atoms with E-state index in [1.807, 2.05) is 0 Å². The molecule has 6 nitrogen and oxygen atoms in total. The number of benzene rings is 1. The van der Waals surface area contributed by atoms with Crippen molar-refractivity contribution in [3.8, 4) is 5.75 Å². The molecular weight excluding hydrogens is 272 g/mol. The van der Waals surface area contributed by atoms with Gasteiger partial charge in [-0.1, -0.05) is 6.07 Å². The van der Waals surface area contributed by atoms with Crippen LogP contribution < -0.4 is 15.4 Å². The van der Waals surface area contributed by atoms with Crippen LogP contribution in [-0.4, -0.2) is 45.7 Å². The summed E-state index contributed by atoms with van der Waals surface area (Å²) in [7, 11) is 3.17. The fourth-order valence-electron chi connectivity index (χ4n) is 1.69. The lowest BCUT2D eigenvalue weighted by Gasteiger charge is -2.07. The van der Waals surface area contributed by atoms with E-state index in [4.69, 9.17) is 9.47 Å². The molecule has 0 saturated heterocycles. The van der Waals surface area contributed by atoms with Crippen molar-refractivity contribution < 1.29 is 19.1 Å². The van der Waals surface area contributed by atoms with Crippen molar-refractivity contribution in [1.29, 1.82) is 0 Å². The second-order valence-electron chi connectivity index (χ2n) is 4.43. The van der Waals surface area contributed by atoms with Gasteiger partial charge in [-0.2, -0.15) is 0 Å². The highest BCUT2D eigenvalue weighted by molar-refractivity contribution is 5.94. The minimum atomic E-state index is -0.221. The summed E-state index contributed by atoms with van der Waals surface area (Å²) in [5.41, 5.74) is 0.509. The molecule has 0 aromatic heterocycles. The summed E-state index contributed by atoms with van der Waals surface area (Å²) in [5, 5.41) is 5.46. The Morgan fingerprint density at radius 3 is 2.67 bits per heavy atom. The highest BCUT2D eigenvalue weighted by atomic mass is 16.5. The number of carbonyl (C=O) groups is 2. The first kappa shape index (κ1) is 17.0. The first-order valence-electron chi connectivity index (χ1n) is 6.85. The van der Waals surface area contributed by atoms with Crippen LogP contribution >= 0.6 is 0 Å². The average Bonchev–Trinajstić information content (AvgIpc) is 2.51. The third-order valence-corrected chi connectivity index (χ3v) is 2.82. The van der Waals surface area contributed by atoms with Crippen molar-refractivity contribution in [3.63, 3.8) is 0 Å². The standard InChI is InChI=1S/C15H22N2O4/c1-20-10-4-8-16-14(18)7-9-17-15(19)12-5-3-6-13(11-12)21-2/h3,5-6,11H,4,7-10H2,1-2H3,(H,16,18)(H,17,19). The van der Waals surface area contributed by atoms with Gasteiger partial charge in [-0.25, -0.2) is 0 Å². The number of amides is 2. The summed E-state index contributed by atoms with van der Waals surface area (Å²) in [5.74, 6) is 0.316. The molecule has 0 spiro atoms. The Morgan fingerprint density at radius 1 is 1.14 bits per heavy atom. The molecule has 2 N–H and O–H groups in total. The average molecular weight is 294 g/mol. The van der Waals surface area contributed by atoms with E-state index < -0.39 is 0 Å². The number of ether oxygens (including phenoxy) is 2.